The molecule has 5 rings (SSSR count). The van der Waals surface area contributed by atoms with Crippen molar-refractivity contribution >= 4 is 23.2 Å². The second kappa shape index (κ2) is 10.8. The molecule has 0 unspecified atom stereocenters. The Morgan fingerprint density at radius 2 is 1.54 bits per heavy atom. The van der Waals surface area contributed by atoms with Crippen molar-refractivity contribution < 1.29 is 9.59 Å². The number of nitrogens with zero attached hydrogens (tertiary/aromatic N) is 2. The predicted molar refractivity (Wildman–Crippen MR) is 141 cm³/mol. The predicted octanol–water partition coefficient (Wildman–Crippen LogP) is 5.45. The van der Waals surface area contributed by atoms with E-state index in [1.54, 1.807) is 0 Å². The third-order valence-corrected chi connectivity index (χ3v) is 7.11. The third kappa shape index (κ3) is 5.56. The summed E-state index contributed by atoms with van der Waals surface area (Å²) in [6, 6.07) is 24.4. The Morgan fingerprint density at radius 3 is 2.34 bits per heavy atom. The first-order chi connectivity index (χ1) is 17.2. The molecule has 0 aliphatic carbocycles. The number of anilines is 2. The molecule has 5 nitrogen and oxygen atoms in total. The number of hydrogen-bond donors (Lipinski definition) is 1. The van der Waals surface area contributed by atoms with Crippen LogP contribution in [-0.4, -0.2) is 36.3 Å². The highest BCUT2D eigenvalue weighted by Crippen LogP contribution is 2.31. The van der Waals surface area contributed by atoms with Crippen LogP contribution in [0, 0.1) is 0 Å². The first-order valence-electron chi connectivity index (χ1n) is 12.8. The zero-order valence-electron chi connectivity index (χ0n) is 20.2. The van der Waals surface area contributed by atoms with Gasteiger partial charge in [0.1, 0.15) is 0 Å². The van der Waals surface area contributed by atoms with Gasteiger partial charge in [-0.25, -0.2) is 0 Å². The van der Waals surface area contributed by atoms with E-state index in [0.717, 1.165) is 56.7 Å². The number of hydrogen-bond acceptors (Lipinski definition) is 3. The number of benzene rings is 3. The third-order valence-electron chi connectivity index (χ3n) is 7.11. The fourth-order valence-corrected chi connectivity index (χ4v) is 5.16. The Bertz CT molecular complexity index is 1190. The largest absolute Gasteiger partial charge is 0.366 e. The van der Waals surface area contributed by atoms with Crippen molar-refractivity contribution in [1.29, 1.82) is 0 Å². The molecule has 2 amide bonds. The lowest BCUT2D eigenvalue weighted by atomic mass is 9.98. The maximum absolute atomic E-state index is 13.6. The Morgan fingerprint density at radius 1 is 0.800 bits per heavy atom. The lowest BCUT2D eigenvalue weighted by Crippen LogP contribution is -2.38. The molecule has 2 aliphatic heterocycles. The van der Waals surface area contributed by atoms with Gasteiger partial charge in [-0.1, -0.05) is 54.6 Å². The molecule has 3 aromatic rings. The Hall–Kier alpha value is -3.60. The summed E-state index contributed by atoms with van der Waals surface area (Å²) in [6.07, 6.45) is 5.34. The molecule has 0 atom stereocenters. The lowest BCUT2D eigenvalue weighted by Gasteiger charge is -2.34. The minimum atomic E-state index is -0.0372. The molecule has 1 N–H and O–H groups in total. The molecule has 0 bridgehead atoms. The highest BCUT2D eigenvalue weighted by Gasteiger charge is 2.25. The van der Waals surface area contributed by atoms with Gasteiger partial charge in [-0.2, -0.15) is 0 Å². The van der Waals surface area contributed by atoms with Crippen LogP contribution in [0.25, 0.3) is 0 Å². The molecule has 0 aromatic heterocycles. The Labute approximate surface area is 207 Å². The van der Waals surface area contributed by atoms with Crippen LogP contribution in [0.3, 0.4) is 0 Å². The van der Waals surface area contributed by atoms with Crippen LogP contribution < -0.4 is 10.2 Å². The molecule has 3 aromatic carbocycles. The molecule has 1 fully saturated rings. The van der Waals surface area contributed by atoms with E-state index in [1.807, 2.05) is 53.4 Å². The van der Waals surface area contributed by atoms with Gasteiger partial charge in [0.2, 0.25) is 5.91 Å². The molecular weight excluding hydrogens is 434 g/mol. The van der Waals surface area contributed by atoms with Gasteiger partial charge in [-0.15, -0.1) is 0 Å². The number of likely N-dealkylation sites (tertiary alicyclic amines) is 1. The average molecular weight is 468 g/mol. The minimum absolute atomic E-state index is 0.0372. The zero-order valence-corrected chi connectivity index (χ0v) is 20.2. The van der Waals surface area contributed by atoms with Gasteiger partial charge in [-0.05, 0) is 67.0 Å². The second-order valence-electron chi connectivity index (χ2n) is 9.56. The SMILES string of the molecule is O=C(CCc1ccccc1)Nc1ccc(N2CCc3ccccc3C2)c(C(=O)N2CCCCC2)c1. The van der Waals surface area contributed by atoms with E-state index in [0.29, 0.717) is 24.1 Å². The molecule has 0 saturated carbocycles. The Kier molecular flexibility index (Phi) is 7.12. The van der Waals surface area contributed by atoms with Gasteiger partial charge in [0.15, 0.2) is 0 Å². The quantitative estimate of drug-likeness (QED) is 0.525. The fourth-order valence-electron chi connectivity index (χ4n) is 5.16. The van der Waals surface area contributed by atoms with E-state index in [4.69, 9.17) is 0 Å². The van der Waals surface area contributed by atoms with E-state index in [-0.39, 0.29) is 11.8 Å². The van der Waals surface area contributed by atoms with E-state index in [9.17, 15) is 9.59 Å². The summed E-state index contributed by atoms with van der Waals surface area (Å²) < 4.78 is 0. The van der Waals surface area contributed by atoms with Gasteiger partial charge in [-0.3, -0.25) is 9.59 Å². The lowest BCUT2D eigenvalue weighted by molar-refractivity contribution is -0.116. The molecule has 35 heavy (non-hydrogen) atoms. The molecule has 0 spiro atoms. The normalized spacial score (nSPS) is 15.4. The average Bonchev–Trinajstić information content (AvgIpc) is 2.92. The number of amides is 2. The molecule has 180 valence electrons. The monoisotopic (exact) mass is 467 g/mol. The molecular formula is C30H33N3O2. The van der Waals surface area contributed by atoms with Crippen LogP contribution >= 0.6 is 0 Å². The number of rotatable bonds is 6. The molecule has 0 radical (unpaired) electrons. The van der Waals surface area contributed by atoms with Crippen molar-refractivity contribution in [3.8, 4) is 0 Å². The fraction of sp³-hybridized carbons (Fsp3) is 0.333. The van der Waals surface area contributed by atoms with Crippen LogP contribution in [0.4, 0.5) is 11.4 Å². The van der Waals surface area contributed by atoms with Gasteiger partial charge >= 0.3 is 0 Å². The first kappa shape index (κ1) is 23.2. The number of carbonyl (C=O) groups is 2. The molecule has 2 aliphatic rings. The summed E-state index contributed by atoms with van der Waals surface area (Å²) in [4.78, 5) is 30.6. The summed E-state index contributed by atoms with van der Waals surface area (Å²) in [7, 11) is 0. The summed E-state index contributed by atoms with van der Waals surface area (Å²) in [6.45, 7) is 3.27. The smallest absolute Gasteiger partial charge is 0.256 e. The highest BCUT2D eigenvalue weighted by molar-refractivity contribution is 6.02. The maximum Gasteiger partial charge on any atom is 0.256 e. The van der Waals surface area contributed by atoms with Crippen LogP contribution in [0.1, 0.15) is 52.7 Å². The van der Waals surface area contributed by atoms with Crippen LogP contribution in [0.2, 0.25) is 0 Å². The van der Waals surface area contributed by atoms with Crippen LogP contribution in [-0.2, 0) is 24.2 Å². The van der Waals surface area contributed by atoms with E-state index in [2.05, 4.69) is 34.5 Å². The van der Waals surface area contributed by atoms with Gasteiger partial charge < -0.3 is 15.1 Å². The summed E-state index contributed by atoms with van der Waals surface area (Å²) in [5.41, 5.74) is 6.17. The van der Waals surface area contributed by atoms with Gasteiger partial charge in [0.25, 0.3) is 5.91 Å². The number of fused-ring (bicyclic) bond motifs is 1. The van der Waals surface area contributed by atoms with Gasteiger partial charge in [0.05, 0.1) is 5.56 Å². The summed E-state index contributed by atoms with van der Waals surface area (Å²) in [5, 5.41) is 3.03. The second-order valence-corrected chi connectivity index (χ2v) is 9.56. The van der Waals surface area contributed by atoms with Crippen molar-refractivity contribution in [2.24, 2.45) is 0 Å². The van der Waals surface area contributed by atoms with Gasteiger partial charge in [0, 0.05) is 44.0 Å². The van der Waals surface area contributed by atoms with E-state index < -0.39 is 0 Å². The summed E-state index contributed by atoms with van der Waals surface area (Å²) >= 11 is 0. The van der Waals surface area contributed by atoms with E-state index in [1.165, 1.54) is 17.5 Å². The van der Waals surface area contributed by atoms with Crippen molar-refractivity contribution in [2.75, 3.05) is 29.9 Å². The Balaban J connectivity index is 1.37. The molecule has 1 saturated heterocycles. The molecule has 5 heteroatoms. The van der Waals surface area contributed by atoms with Crippen LogP contribution in [0.5, 0.6) is 0 Å². The standard InChI is InChI=1S/C30H33N3O2/c34-29(16-13-23-9-3-1-4-10-23)31-26-14-15-28(27(21-26)30(35)32-18-7-2-8-19-32)33-20-17-24-11-5-6-12-25(24)22-33/h1,3-6,9-12,14-15,21H,2,7-8,13,16-20,22H2,(H,31,34). The number of nitrogens with one attached hydrogen (secondary N) is 1. The first-order valence-corrected chi connectivity index (χ1v) is 12.8. The van der Waals surface area contributed by atoms with Crippen LogP contribution in [0.15, 0.2) is 72.8 Å². The molecule has 2 heterocycles. The van der Waals surface area contributed by atoms with Crippen molar-refractivity contribution in [1.82, 2.24) is 4.90 Å². The minimum Gasteiger partial charge on any atom is -0.366 e. The number of aryl methyl sites for hydroxylation is 1. The number of carbonyl (C=O) groups excluding carboxylic acids is 2. The maximum atomic E-state index is 13.6. The topological polar surface area (TPSA) is 52.7 Å². The van der Waals surface area contributed by atoms with Crippen molar-refractivity contribution in [3.05, 3.63) is 95.1 Å². The number of piperidine rings is 1. The highest BCUT2D eigenvalue weighted by atomic mass is 16.2. The van der Waals surface area contributed by atoms with E-state index >= 15 is 0 Å². The zero-order chi connectivity index (χ0) is 24.0. The summed E-state index contributed by atoms with van der Waals surface area (Å²) in [5.74, 6) is 0.0313. The van der Waals surface area contributed by atoms with Crippen molar-refractivity contribution in [2.45, 2.75) is 45.1 Å². The van der Waals surface area contributed by atoms with Crippen molar-refractivity contribution in [3.63, 3.8) is 0 Å².